The van der Waals surface area contributed by atoms with Crippen molar-refractivity contribution >= 4 is 5.97 Å². The number of piperidine rings is 1. The Bertz CT molecular complexity index is 182. The third kappa shape index (κ3) is 3.35. The van der Waals surface area contributed by atoms with Gasteiger partial charge in [0.25, 0.3) is 0 Å². The minimum absolute atomic E-state index is 0.231. The molecule has 1 aliphatic heterocycles. The zero-order valence-electron chi connectivity index (χ0n) is 8.49. The molecular formula is C10H19NO2. The molecule has 0 unspecified atom stereocenters. The molecule has 0 aromatic carbocycles. The second-order valence-corrected chi connectivity index (χ2v) is 4.25. The Balaban J connectivity index is 2.31. The maximum atomic E-state index is 10.6. The average molecular weight is 185 g/mol. The molecule has 0 saturated carbocycles. The first-order valence-electron chi connectivity index (χ1n) is 5.04. The van der Waals surface area contributed by atoms with E-state index in [1.54, 1.807) is 6.92 Å². The van der Waals surface area contributed by atoms with E-state index in [9.17, 15) is 4.79 Å². The van der Waals surface area contributed by atoms with Gasteiger partial charge in [-0.3, -0.25) is 4.79 Å². The maximum absolute atomic E-state index is 10.6. The number of hydrogen-bond acceptors (Lipinski definition) is 2. The summed E-state index contributed by atoms with van der Waals surface area (Å²) >= 11 is 0. The molecule has 1 rings (SSSR count). The van der Waals surface area contributed by atoms with E-state index < -0.39 is 5.97 Å². The zero-order valence-corrected chi connectivity index (χ0v) is 8.49. The van der Waals surface area contributed by atoms with E-state index in [1.165, 1.54) is 12.8 Å². The summed E-state index contributed by atoms with van der Waals surface area (Å²) < 4.78 is 0. The van der Waals surface area contributed by atoms with Gasteiger partial charge < -0.3 is 10.0 Å². The second kappa shape index (κ2) is 4.61. The summed E-state index contributed by atoms with van der Waals surface area (Å²) in [6.45, 7) is 6.86. The Morgan fingerprint density at radius 3 is 2.92 bits per heavy atom. The van der Waals surface area contributed by atoms with Crippen LogP contribution in [0.4, 0.5) is 0 Å². The van der Waals surface area contributed by atoms with Crippen molar-refractivity contribution in [3.63, 3.8) is 0 Å². The van der Waals surface area contributed by atoms with Crippen LogP contribution in [0.15, 0.2) is 0 Å². The molecule has 2 atom stereocenters. The van der Waals surface area contributed by atoms with Crippen LogP contribution < -0.4 is 0 Å². The summed E-state index contributed by atoms with van der Waals surface area (Å²) in [7, 11) is 0. The van der Waals surface area contributed by atoms with Crippen LogP contribution in [0.3, 0.4) is 0 Å². The highest BCUT2D eigenvalue weighted by Crippen LogP contribution is 2.16. The molecule has 0 bridgehead atoms. The van der Waals surface area contributed by atoms with Crippen molar-refractivity contribution in [2.75, 3.05) is 19.6 Å². The number of carbonyl (C=O) groups is 1. The van der Waals surface area contributed by atoms with Crippen LogP contribution in [-0.4, -0.2) is 35.6 Å². The number of likely N-dealkylation sites (tertiary alicyclic amines) is 1. The molecule has 1 aliphatic rings. The number of carboxylic acids is 1. The van der Waals surface area contributed by atoms with Gasteiger partial charge in [-0.15, -0.1) is 0 Å². The maximum Gasteiger partial charge on any atom is 0.307 e. The number of aliphatic carboxylic acids is 1. The molecule has 1 fully saturated rings. The van der Waals surface area contributed by atoms with Crippen LogP contribution >= 0.6 is 0 Å². The minimum atomic E-state index is -0.682. The van der Waals surface area contributed by atoms with Gasteiger partial charge in [-0.25, -0.2) is 0 Å². The van der Waals surface area contributed by atoms with Crippen LogP contribution in [0.2, 0.25) is 0 Å². The summed E-state index contributed by atoms with van der Waals surface area (Å²) in [4.78, 5) is 12.9. The van der Waals surface area contributed by atoms with E-state index in [1.807, 2.05) is 0 Å². The smallest absolute Gasteiger partial charge is 0.307 e. The van der Waals surface area contributed by atoms with Crippen molar-refractivity contribution < 1.29 is 9.90 Å². The third-order valence-electron chi connectivity index (χ3n) is 2.69. The Labute approximate surface area is 79.7 Å². The fourth-order valence-corrected chi connectivity index (χ4v) is 1.92. The van der Waals surface area contributed by atoms with Gasteiger partial charge in [0.15, 0.2) is 0 Å². The van der Waals surface area contributed by atoms with Gasteiger partial charge in [-0.05, 0) is 25.3 Å². The summed E-state index contributed by atoms with van der Waals surface area (Å²) in [5.74, 6) is -0.182. The van der Waals surface area contributed by atoms with Gasteiger partial charge in [0.2, 0.25) is 0 Å². The lowest BCUT2D eigenvalue weighted by molar-refractivity contribution is -0.141. The first-order chi connectivity index (χ1) is 6.09. The normalized spacial score (nSPS) is 27.1. The summed E-state index contributed by atoms with van der Waals surface area (Å²) in [6.07, 6.45) is 2.51. The van der Waals surface area contributed by atoms with Crippen molar-refractivity contribution in [2.45, 2.75) is 26.7 Å². The highest BCUT2D eigenvalue weighted by molar-refractivity contribution is 5.69. The molecule has 0 radical (unpaired) electrons. The molecule has 1 N–H and O–H groups in total. The molecule has 3 nitrogen and oxygen atoms in total. The predicted molar refractivity (Wildman–Crippen MR) is 51.6 cm³/mol. The van der Waals surface area contributed by atoms with Crippen LogP contribution in [0.1, 0.15) is 26.7 Å². The minimum Gasteiger partial charge on any atom is -0.481 e. The summed E-state index contributed by atoms with van der Waals surface area (Å²) in [5.41, 5.74) is 0. The lowest BCUT2D eigenvalue weighted by atomic mass is 9.99. The Hall–Kier alpha value is -0.570. The van der Waals surface area contributed by atoms with E-state index in [0.717, 1.165) is 19.0 Å². The van der Waals surface area contributed by atoms with Crippen molar-refractivity contribution in [1.82, 2.24) is 4.90 Å². The standard InChI is InChI=1S/C10H19NO2/c1-8-4-3-5-11(6-8)7-9(2)10(12)13/h8-9H,3-7H2,1-2H3,(H,12,13)/t8-,9+/m0/s1. The first-order valence-corrected chi connectivity index (χ1v) is 5.04. The van der Waals surface area contributed by atoms with Crippen molar-refractivity contribution in [3.05, 3.63) is 0 Å². The van der Waals surface area contributed by atoms with Crippen LogP contribution in [0, 0.1) is 11.8 Å². The van der Waals surface area contributed by atoms with E-state index >= 15 is 0 Å². The topological polar surface area (TPSA) is 40.5 Å². The fraction of sp³-hybridized carbons (Fsp3) is 0.900. The number of hydrogen-bond donors (Lipinski definition) is 1. The van der Waals surface area contributed by atoms with Crippen molar-refractivity contribution in [1.29, 1.82) is 0 Å². The van der Waals surface area contributed by atoms with Crippen molar-refractivity contribution in [3.8, 4) is 0 Å². The van der Waals surface area contributed by atoms with E-state index in [4.69, 9.17) is 5.11 Å². The van der Waals surface area contributed by atoms with Gasteiger partial charge in [0.05, 0.1) is 5.92 Å². The second-order valence-electron chi connectivity index (χ2n) is 4.25. The summed E-state index contributed by atoms with van der Waals surface area (Å²) in [6, 6.07) is 0. The molecule has 13 heavy (non-hydrogen) atoms. The highest BCUT2D eigenvalue weighted by atomic mass is 16.4. The van der Waals surface area contributed by atoms with Gasteiger partial charge in [0.1, 0.15) is 0 Å². The quantitative estimate of drug-likeness (QED) is 0.723. The monoisotopic (exact) mass is 185 g/mol. The Morgan fingerprint density at radius 1 is 1.69 bits per heavy atom. The van der Waals surface area contributed by atoms with Crippen molar-refractivity contribution in [2.24, 2.45) is 11.8 Å². The lowest BCUT2D eigenvalue weighted by Crippen LogP contribution is -2.38. The lowest BCUT2D eigenvalue weighted by Gasteiger charge is -2.31. The summed E-state index contributed by atoms with van der Waals surface area (Å²) in [5, 5.41) is 8.75. The number of rotatable bonds is 3. The Kier molecular flexibility index (Phi) is 3.72. The number of nitrogens with zero attached hydrogens (tertiary/aromatic N) is 1. The molecule has 0 amide bonds. The molecule has 1 saturated heterocycles. The van der Waals surface area contributed by atoms with E-state index in [2.05, 4.69) is 11.8 Å². The molecule has 0 aromatic heterocycles. The molecule has 3 heteroatoms. The van der Waals surface area contributed by atoms with Gasteiger partial charge in [-0.2, -0.15) is 0 Å². The molecule has 76 valence electrons. The van der Waals surface area contributed by atoms with Gasteiger partial charge >= 0.3 is 5.97 Å². The average Bonchev–Trinajstić information content (AvgIpc) is 2.04. The van der Waals surface area contributed by atoms with Gasteiger partial charge in [-0.1, -0.05) is 13.8 Å². The molecule has 0 aromatic rings. The number of carboxylic acid groups (broad SMARTS) is 1. The molecule has 0 spiro atoms. The van der Waals surface area contributed by atoms with E-state index in [0.29, 0.717) is 6.54 Å². The van der Waals surface area contributed by atoms with Gasteiger partial charge in [0, 0.05) is 13.1 Å². The van der Waals surface area contributed by atoms with Crippen LogP contribution in [0.5, 0.6) is 0 Å². The fourth-order valence-electron chi connectivity index (χ4n) is 1.92. The van der Waals surface area contributed by atoms with Crippen LogP contribution in [-0.2, 0) is 4.79 Å². The third-order valence-corrected chi connectivity index (χ3v) is 2.69. The Morgan fingerprint density at radius 2 is 2.38 bits per heavy atom. The van der Waals surface area contributed by atoms with Crippen LogP contribution in [0.25, 0.3) is 0 Å². The predicted octanol–water partition coefficient (Wildman–Crippen LogP) is 1.44. The largest absolute Gasteiger partial charge is 0.481 e. The molecular weight excluding hydrogens is 166 g/mol. The molecule has 1 heterocycles. The SMILES string of the molecule is C[C@H]1CCCN(C[C@@H](C)C(=O)O)C1. The first kappa shape index (κ1) is 10.5. The zero-order chi connectivity index (χ0) is 9.84. The molecule has 0 aliphatic carbocycles. The van der Waals surface area contributed by atoms with E-state index in [-0.39, 0.29) is 5.92 Å². The highest BCUT2D eigenvalue weighted by Gasteiger charge is 2.20.